The van der Waals surface area contributed by atoms with Crippen LogP contribution in [0.5, 0.6) is 0 Å². The number of nitrogens with zero attached hydrogens (tertiary/aromatic N) is 4. The van der Waals surface area contributed by atoms with Crippen LogP contribution in [0.4, 0.5) is 34.4 Å². The largest absolute Gasteiger partial charge is 0.393 e. The van der Waals surface area contributed by atoms with Crippen LogP contribution in [0.2, 0.25) is 0 Å². The number of piperazine rings is 1. The molecule has 0 saturated carbocycles. The Bertz CT molecular complexity index is 1110. The fraction of sp³-hybridized carbons (Fsp3) is 0.292. The molecule has 32 heavy (non-hydrogen) atoms. The number of anilines is 6. The zero-order chi connectivity index (χ0) is 22.7. The molecule has 2 aromatic carbocycles. The van der Waals surface area contributed by atoms with Crippen molar-refractivity contribution in [2.24, 2.45) is 0 Å². The molecule has 0 unspecified atom stereocenters. The van der Waals surface area contributed by atoms with Gasteiger partial charge in [-0.2, -0.15) is 0 Å². The van der Waals surface area contributed by atoms with Crippen molar-refractivity contribution in [2.75, 3.05) is 52.3 Å². The van der Waals surface area contributed by atoms with Crippen LogP contribution in [-0.2, 0) is 4.79 Å². The quantitative estimate of drug-likeness (QED) is 0.566. The van der Waals surface area contributed by atoms with Gasteiger partial charge >= 0.3 is 0 Å². The zero-order valence-corrected chi connectivity index (χ0v) is 18.7. The molecule has 1 amide bonds. The van der Waals surface area contributed by atoms with Gasteiger partial charge in [0.25, 0.3) is 0 Å². The number of hydrogen-bond acceptors (Lipinski definition) is 7. The summed E-state index contributed by atoms with van der Waals surface area (Å²) in [6.45, 7) is 9.29. The summed E-state index contributed by atoms with van der Waals surface area (Å²) in [5.74, 6) is 1.21. The van der Waals surface area contributed by atoms with Gasteiger partial charge in [-0.05, 0) is 55.3 Å². The molecule has 166 valence electrons. The summed E-state index contributed by atoms with van der Waals surface area (Å²) in [7, 11) is 0. The van der Waals surface area contributed by atoms with Crippen molar-refractivity contribution < 1.29 is 4.79 Å². The van der Waals surface area contributed by atoms with E-state index >= 15 is 0 Å². The van der Waals surface area contributed by atoms with Crippen LogP contribution < -0.4 is 26.2 Å². The smallest absolute Gasteiger partial charge is 0.221 e. The molecule has 0 atom stereocenters. The van der Waals surface area contributed by atoms with E-state index in [-0.39, 0.29) is 5.91 Å². The van der Waals surface area contributed by atoms with Gasteiger partial charge < -0.3 is 26.2 Å². The van der Waals surface area contributed by atoms with Gasteiger partial charge in [-0.1, -0.05) is 12.1 Å². The summed E-state index contributed by atoms with van der Waals surface area (Å²) in [5, 5.41) is 6.01. The minimum absolute atomic E-state index is 0.104. The van der Waals surface area contributed by atoms with Gasteiger partial charge in [0.05, 0.1) is 0 Å². The van der Waals surface area contributed by atoms with Crippen molar-refractivity contribution in [3.05, 3.63) is 59.9 Å². The zero-order valence-electron chi connectivity index (χ0n) is 18.7. The maximum absolute atomic E-state index is 11.2. The summed E-state index contributed by atoms with van der Waals surface area (Å²) in [4.78, 5) is 24.6. The van der Waals surface area contributed by atoms with Crippen molar-refractivity contribution in [3.8, 4) is 0 Å². The molecule has 0 radical (unpaired) electrons. The highest BCUT2D eigenvalue weighted by atomic mass is 16.1. The number of nitrogen functional groups attached to an aromatic ring is 1. The van der Waals surface area contributed by atoms with Crippen LogP contribution in [0.3, 0.4) is 0 Å². The molecular weight excluding hydrogens is 402 g/mol. The first-order valence-electron chi connectivity index (χ1n) is 10.7. The summed E-state index contributed by atoms with van der Waals surface area (Å²) in [5.41, 5.74) is 12.5. The number of hydrogen-bond donors (Lipinski definition) is 3. The van der Waals surface area contributed by atoms with Crippen molar-refractivity contribution in [3.63, 3.8) is 0 Å². The third kappa shape index (κ3) is 4.59. The third-order valence-corrected chi connectivity index (χ3v) is 5.83. The second kappa shape index (κ2) is 9.13. The van der Waals surface area contributed by atoms with Crippen LogP contribution in [0.15, 0.2) is 48.8 Å². The molecule has 2 heterocycles. The predicted octanol–water partition coefficient (Wildman–Crippen LogP) is 3.70. The summed E-state index contributed by atoms with van der Waals surface area (Å²) in [6, 6.07) is 13.9. The monoisotopic (exact) mass is 431 g/mol. The molecule has 3 aromatic rings. The van der Waals surface area contributed by atoms with E-state index in [1.54, 1.807) is 0 Å². The molecule has 0 aliphatic carbocycles. The molecule has 4 N–H and O–H groups in total. The van der Waals surface area contributed by atoms with E-state index in [4.69, 9.17) is 5.73 Å². The van der Waals surface area contributed by atoms with E-state index in [2.05, 4.69) is 62.4 Å². The first-order valence-corrected chi connectivity index (χ1v) is 10.7. The minimum atomic E-state index is -0.104. The highest BCUT2D eigenvalue weighted by Crippen LogP contribution is 2.31. The van der Waals surface area contributed by atoms with Crippen LogP contribution >= 0.6 is 0 Å². The van der Waals surface area contributed by atoms with Crippen molar-refractivity contribution >= 4 is 40.3 Å². The van der Waals surface area contributed by atoms with Crippen molar-refractivity contribution in [2.45, 2.75) is 20.8 Å². The Morgan fingerprint density at radius 3 is 2.28 bits per heavy atom. The fourth-order valence-electron chi connectivity index (χ4n) is 3.95. The van der Waals surface area contributed by atoms with E-state index in [9.17, 15) is 4.79 Å². The van der Waals surface area contributed by atoms with E-state index in [1.165, 1.54) is 30.1 Å². The molecule has 1 aromatic heterocycles. The molecule has 1 saturated heterocycles. The van der Waals surface area contributed by atoms with Crippen LogP contribution in [0.25, 0.3) is 0 Å². The van der Waals surface area contributed by atoms with Crippen LogP contribution in [-0.4, -0.2) is 42.1 Å². The lowest BCUT2D eigenvalue weighted by atomic mass is 10.1. The lowest BCUT2D eigenvalue weighted by Gasteiger charge is -2.38. The highest BCUT2D eigenvalue weighted by molar-refractivity contribution is 5.89. The van der Waals surface area contributed by atoms with Gasteiger partial charge in [0, 0.05) is 50.2 Å². The number of nitrogens with two attached hydrogens (primary N) is 1. The Balaban J connectivity index is 1.45. The normalized spacial score (nSPS) is 13.7. The van der Waals surface area contributed by atoms with E-state index in [0.29, 0.717) is 11.5 Å². The lowest BCUT2D eigenvalue weighted by Crippen LogP contribution is -2.47. The Kier molecular flexibility index (Phi) is 6.11. The highest BCUT2D eigenvalue weighted by Gasteiger charge is 2.22. The van der Waals surface area contributed by atoms with Gasteiger partial charge in [-0.15, -0.1) is 0 Å². The fourth-order valence-corrected chi connectivity index (χ4v) is 3.95. The van der Waals surface area contributed by atoms with Gasteiger partial charge in [0.15, 0.2) is 11.6 Å². The van der Waals surface area contributed by atoms with E-state index in [1.807, 2.05) is 24.3 Å². The first kappa shape index (κ1) is 21.4. The second-order valence-electron chi connectivity index (χ2n) is 8.04. The van der Waals surface area contributed by atoms with Gasteiger partial charge in [0.2, 0.25) is 5.91 Å². The molecule has 8 nitrogen and oxygen atoms in total. The SMILES string of the molecule is CC(=O)Nc1ccc(Nc2ncnc(N3CCN(c4cccc(C)c4C)CC3)c2N)cc1. The minimum Gasteiger partial charge on any atom is -0.393 e. The topological polar surface area (TPSA) is 99.4 Å². The molecular formula is C24H29N7O. The Hall–Kier alpha value is -3.81. The average molecular weight is 432 g/mol. The Morgan fingerprint density at radius 2 is 1.59 bits per heavy atom. The Labute approximate surface area is 188 Å². The number of amides is 1. The van der Waals surface area contributed by atoms with Gasteiger partial charge in [0.1, 0.15) is 12.0 Å². The maximum atomic E-state index is 11.2. The number of aromatic nitrogens is 2. The molecule has 8 heteroatoms. The average Bonchev–Trinajstić information content (AvgIpc) is 2.78. The maximum Gasteiger partial charge on any atom is 0.221 e. The van der Waals surface area contributed by atoms with E-state index < -0.39 is 0 Å². The molecule has 0 bridgehead atoms. The summed E-state index contributed by atoms with van der Waals surface area (Å²) < 4.78 is 0. The summed E-state index contributed by atoms with van der Waals surface area (Å²) in [6.07, 6.45) is 1.54. The number of benzene rings is 2. The number of carbonyl (C=O) groups excluding carboxylic acids is 1. The number of aryl methyl sites for hydroxylation is 1. The first-order chi connectivity index (χ1) is 15.4. The molecule has 1 aliphatic heterocycles. The summed E-state index contributed by atoms with van der Waals surface area (Å²) >= 11 is 0. The van der Waals surface area contributed by atoms with Gasteiger partial charge in [-0.3, -0.25) is 4.79 Å². The number of rotatable bonds is 5. The van der Waals surface area contributed by atoms with Crippen molar-refractivity contribution in [1.29, 1.82) is 0 Å². The number of carbonyl (C=O) groups is 1. The molecule has 0 spiro atoms. The lowest BCUT2D eigenvalue weighted by molar-refractivity contribution is -0.114. The van der Waals surface area contributed by atoms with Crippen LogP contribution in [0, 0.1) is 13.8 Å². The second-order valence-corrected chi connectivity index (χ2v) is 8.04. The van der Waals surface area contributed by atoms with Crippen molar-refractivity contribution in [1.82, 2.24) is 9.97 Å². The van der Waals surface area contributed by atoms with Gasteiger partial charge in [-0.25, -0.2) is 9.97 Å². The molecule has 1 aliphatic rings. The third-order valence-electron chi connectivity index (χ3n) is 5.83. The predicted molar refractivity (Wildman–Crippen MR) is 131 cm³/mol. The van der Waals surface area contributed by atoms with E-state index in [0.717, 1.165) is 43.4 Å². The standard InChI is InChI=1S/C24H29N7O/c1-16-5-4-6-21(17(16)2)30-11-13-31(14-12-30)24-22(25)23(26-15-27-24)29-20-9-7-19(8-10-20)28-18(3)32/h4-10,15H,11-14,25H2,1-3H3,(H,28,32)(H,26,27,29). The van der Waals surface area contributed by atoms with Crippen LogP contribution in [0.1, 0.15) is 18.1 Å². The molecule has 4 rings (SSSR count). The molecule has 1 fully saturated rings. The number of nitrogens with one attached hydrogen (secondary N) is 2. The Morgan fingerprint density at radius 1 is 0.938 bits per heavy atom.